The van der Waals surface area contributed by atoms with E-state index in [0.29, 0.717) is 22.4 Å². The number of hydrogen-bond donors (Lipinski definition) is 2. The summed E-state index contributed by atoms with van der Waals surface area (Å²) < 4.78 is 66.9. The molecule has 2 aromatic carbocycles. The average molecular weight is 496 g/mol. The number of halogens is 4. The van der Waals surface area contributed by atoms with Crippen molar-refractivity contribution in [3.05, 3.63) is 47.5 Å². The smallest absolute Gasteiger partial charge is 0.329 e. The molecule has 0 saturated heterocycles. The van der Waals surface area contributed by atoms with Gasteiger partial charge < -0.3 is 19.9 Å². The molecule has 2 saturated carbocycles. The van der Waals surface area contributed by atoms with Gasteiger partial charge in [-0.2, -0.15) is 0 Å². The zero-order valence-electron chi connectivity index (χ0n) is 19.5. The van der Waals surface area contributed by atoms with Crippen LogP contribution in [-0.4, -0.2) is 35.2 Å². The molecule has 2 N–H and O–H groups in total. The second kappa shape index (κ2) is 10.0. The van der Waals surface area contributed by atoms with Crippen molar-refractivity contribution in [1.29, 1.82) is 0 Å². The zero-order chi connectivity index (χ0) is 25.2. The summed E-state index contributed by atoms with van der Waals surface area (Å²) in [5, 5.41) is 12.8. The first kappa shape index (κ1) is 25.3. The van der Waals surface area contributed by atoms with E-state index in [1.165, 1.54) is 6.07 Å². The molecule has 0 atom stereocenters. The Morgan fingerprint density at radius 1 is 1.11 bits per heavy atom. The highest BCUT2D eigenvalue weighted by Crippen LogP contribution is 2.43. The zero-order valence-corrected chi connectivity index (χ0v) is 19.5. The van der Waals surface area contributed by atoms with Crippen LogP contribution >= 0.6 is 0 Å². The number of rotatable bonds is 10. The van der Waals surface area contributed by atoms with Crippen LogP contribution in [0.25, 0.3) is 11.1 Å². The van der Waals surface area contributed by atoms with Crippen LogP contribution in [0.4, 0.5) is 23.2 Å². The topological polar surface area (TPSA) is 67.8 Å². The summed E-state index contributed by atoms with van der Waals surface area (Å²) in [6, 6.07) is 9.63. The number of carbonyl (C=O) groups is 1. The van der Waals surface area contributed by atoms with Crippen molar-refractivity contribution in [3.8, 4) is 16.9 Å². The van der Waals surface area contributed by atoms with Crippen LogP contribution < -0.4 is 10.1 Å². The second-order valence-electron chi connectivity index (χ2n) is 9.20. The Morgan fingerprint density at radius 3 is 2.43 bits per heavy atom. The van der Waals surface area contributed by atoms with Gasteiger partial charge >= 0.3 is 5.97 Å². The molecule has 0 radical (unpaired) electrons. The van der Waals surface area contributed by atoms with Gasteiger partial charge in [0.1, 0.15) is 11.3 Å². The van der Waals surface area contributed by atoms with Gasteiger partial charge in [-0.15, -0.1) is 0 Å². The molecule has 0 bridgehead atoms. The molecule has 5 nitrogen and oxygen atoms in total. The highest BCUT2D eigenvalue weighted by molar-refractivity contribution is 5.84. The van der Waals surface area contributed by atoms with E-state index in [1.807, 2.05) is 0 Å². The molecule has 35 heavy (non-hydrogen) atoms. The fourth-order valence-electron chi connectivity index (χ4n) is 4.49. The minimum absolute atomic E-state index is 0.101. The quantitative estimate of drug-likeness (QED) is 0.354. The van der Waals surface area contributed by atoms with Gasteiger partial charge in [-0.05, 0) is 67.5 Å². The van der Waals surface area contributed by atoms with Crippen LogP contribution in [0, 0.1) is 0 Å². The van der Waals surface area contributed by atoms with Crippen molar-refractivity contribution in [2.24, 2.45) is 0 Å². The molecule has 0 aliphatic heterocycles. The van der Waals surface area contributed by atoms with Gasteiger partial charge in [-0.25, -0.2) is 22.4 Å². The number of nitrogens with one attached hydrogen (secondary N) is 1. The van der Waals surface area contributed by atoms with Crippen molar-refractivity contribution >= 4 is 11.7 Å². The first-order valence-electron chi connectivity index (χ1n) is 11.8. The molecular formula is C26H29F4NO4. The summed E-state index contributed by atoms with van der Waals surface area (Å²) in [6.45, 7) is 2.10. The molecule has 0 amide bonds. The third-order valence-electron chi connectivity index (χ3n) is 6.61. The van der Waals surface area contributed by atoms with Gasteiger partial charge in [-0.1, -0.05) is 18.2 Å². The van der Waals surface area contributed by atoms with Crippen LogP contribution in [0.1, 0.15) is 63.0 Å². The Labute approximate surface area is 201 Å². The van der Waals surface area contributed by atoms with E-state index in [4.69, 9.17) is 9.47 Å². The van der Waals surface area contributed by atoms with Crippen molar-refractivity contribution in [2.75, 3.05) is 11.9 Å². The lowest BCUT2D eigenvalue weighted by molar-refractivity contribution is -0.146. The number of ether oxygens (including phenoxy) is 2. The Bertz CT molecular complexity index is 1060. The lowest BCUT2D eigenvalue weighted by Crippen LogP contribution is -2.51. The van der Waals surface area contributed by atoms with E-state index in [-0.39, 0.29) is 43.5 Å². The van der Waals surface area contributed by atoms with Crippen molar-refractivity contribution < 1.29 is 36.9 Å². The minimum Gasteiger partial charge on any atom is -0.493 e. The van der Waals surface area contributed by atoms with Gasteiger partial charge in [0, 0.05) is 18.5 Å². The fourth-order valence-corrected chi connectivity index (χ4v) is 4.49. The maximum absolute atomic E-state index is 14.1. The number of carboxylic acid groups (broad SMARTS) is 1. The molecule has 9 heteroatoms. The first-order chi connectivity index (χ1) is 16.6. The van der Waals surface area contributed by atoms with Crippen molar-refractivity contribution in [3.63, 3.8) is 0 Å². The molecule has 190 valence electrons. The maximum Gasteiger partial charge on any atom is 0.329 e. The van der Waals surface area contributed by atoms with E-state index in [0.717, 1.165) is 12.8 Å². The fraction of sp³-hybridized carbons (Fsp3) is 0.500. The summed E-state index contributed by atoms with van der Waals surface area (Å²) in [7, 11) is 0. The molecule has 2 aliphatic carbocycles. The lowest BCUT2D eigenvalue weighted by Gasteiger charge is -2.38. The first-order valence-corrected chi connectivity index (χ1v) is 11.8. The number of alkyl halides is 4. The van der Waals surface area contributed by atoms with E-state index >= 15 is 0 Å². The Morgan fingerprint density at radius 2 is 1.83 bits per heavy atom. The Kier molecular flexibility index (Phi) is 7.26. The summed E-state index contributed by atoms with van der Waals surface area (Å²) >= 11 is 0. The molecule has 0 heterocycles. The van der Waals surface area contributed by atoms with Crippen molar-refractivity contribution in [1.82, 2.24) is 0 Å². The molecule has 2 aliphatic rings. The molecule has 2 aromatic rings. The molecule has 2 fully saturated rings. The molecule has 0 aromatic heterocycles. The number of benzene rings is 2. The largest absolute Gasteiger partial charge is 0.493 e. The number of hydrogen-bond acceptors (Lipinski definition) is 4. The van der Waals surface area contributed by atoms with Crippen LogP contribution in [0.15, 0.2) is 36.4 Å². The number of carboxylic acids is 1. The standard InChI is InChI=1S/C26H29F4NO4/c1-2-34-21-5-3-4-20(22(21)23(27)28)19-9-6-17(14-16(19)15-35-18-7-8-18)31-25(24(32)33)10-12-26(29,30)13-11-25/h3-6,9,14,18,23,31H,2,7-8,10-13,15H2,1H3,(H,32,33). The molecular weight excluding hydrogens is 466 g/mol. The van der Waals surface area contributed by atoms with E-state index in [9.17, 15) is 27.5 Å². The predicted octanol–water partition coefficient (Wildman–Crippen LogP) is 6.81. The SMILES string of the molecule is CCOc1cccc(-c2ccc(NC3(C(=O)O)CCC(F)(F)CC3)cc2COC2CC2)c1C(F)F. The van der Waals surface area contributed by atoms with Gasteiger partial charge in [0.15, 0.2) is 0 Å². The van der Waals surface area contributed by atoms with Crippen LogP contribution in [0.5, 0.6) is 5.75 Å². The van der Waals surface area contributed by atoms with Gasteiger partial charge in [0.2, 0.25) is 5.92 Å². The predicted molar refractivity (Wildman–Crippen MR) is 123 cm³/mol. The van der Waals surface area contributed by atoms with Crippen LogP contribution in [0.2, 0.25) is 0 Å². The monoisotopic (exact) mass is 495 g/mol. The van der Waals surface area contributed by atoms with Gasteiger partial charge in [0.25, 0.3) is 6.43 Å². The second-order valence-corrected chi connectivity index (χ2v) is 9.20. The van der Waals surface area contributed by atoms with Crippen molar-refractivity contribution in [2.45, 2.75) is 76.0 Å². The summed E-state index contributed by atoms with van der Waals surface area (Å²) in [6.07, 6.45) is -2.32. The van der Waals surface area contributed by atoms with E-state index in [2.05, 4.69) is 5.32 Å². The molecule has 4 rings (SSSR count). The third-order valence-corrected chi connectivity index (χ3v) is 6.61. The van der Waals surface area contributed by atoms with Crippen LogP contribution in [-0.2, 0) is 16.1 Å². The molecule has 0 unspecified atom stereocenters. The summed E-state index contributed by atoms with van der Waals surface area (Å²) in [5.74, 6) is -3.98. The van der Waals surface area contributed by atoms with E-state index < -0.39 is 36.7 Å². The highest BCUT2D eigenvalue weighted by atomic mass is 19.3. The highest BCUT2D eigenvalue weighted by Gasteiger charge is 2.48. The average Bonchev–Trinajstić information content (AvgIpc) is 3.64. The van der Waals surface area contributed by atoms with Gasteiger partial charge in [0.05, 0.1) is 24.9 Å². The van der Waals surface area contributed by atoms with Gasteiger partial charge in [-0.3, -0.25) is 0 Å². The third kappa shape index (κ3) is 5.72. The number of aliphatic carboxylic acids is 1. The minimum atomic E-state index is -2.88. The summed E-state index contributed by atoms with van der Waals surface area (Å²) in [5.41, 5.74) is 0.0827. The Hall–Kier alpha value is -2.81. The lowest BCUT2D eigenvalue weighted by atomic mass is 9.79. The van der Waals surface area contributed by atoms with E-state index in [1.54, 1.807) is 37.3 Å². The van der Waals surface area contributed by atoms with Crippen LogP contribution in [0.3, 0.4) is 0 Å². The number of anilines is 1. The Balaban J connectivity index is 1.71. The normalized spacial score (nSPS) is 18.9. The maximum atomic E-state index is 14.1. The molecule has 0 spiro atoms. The summed E-state index contributed by atoms with van der Waals surface area (Å²) in [4.78, 5) is 12.1.